The molecule has 1 aromatic carbocycles. The molecule has 0 heterocycles. The Morgan fingerprint density at radius 1 is 1.32 bits per heavy atom. The lowest BCUT2D eigenvalue weighted by atomic mass is 10.1. The summed E-state index contributed by atoms with van der Waals surface area (Å²) in [6.45, 7) is 7.82. The first-order valence-electron chi connectivity index (χ1n) is 6.75. The molecular formula is C15H25NO3. The Hall–Kier alpha value is -1.10. The molecule has 0 aliphatic carbocycles. The minimum absolute atomic E-state index is 0.110. The van der Waals surface area contributed by atoms with Crippen molar-refractivity contribution in [2.24, 2.45) is 5.92 Å². The molecule has 0 aliphatic heterocycles. The van der Waals surface area contributed by atoms with E-state index in [-0.39, 0.29) is 13.2 Å². The Morgan fingerprint density at radius 3 is 2.68 bits per heavy atom. The third-order valence-electron chi connectivity index (χ3n) is 2.79. The van der Waals surface area contributed by atoms with Gasteiger partial charge in [-0.05, 0) is 24.9 Å². The Bertz CT molecular complexity index is 380. The molecule has 1 unspecified atom stereocenters. The molecule has 4 nitrogen and oxygen atoms in total. The second-order valence-corrected chi connectivity index (χ2v) is 5.24. The van der Waals surface area contributed by atoms with Gasteiger partial charge >= 0.3 is 0 Å². The summed E-state index contributed by atoms with van der Waals surface area (Å²) in [5.74, 6) is 1.40. The monoisotopic (exact) mass is 267 g/mol. The van der Waals surface area contributed by atoms with Crippen LogP contribution in [0, 0.1) is 12.8 Å². The van der Waals surface area contributed by atoms with Gasteiger partial charge in [-0.15, -0.1) is 0 Å². The summed E-state index contributed by atoms with van der Waals surface area (Å²) in [6, 6.07) is 5.99. The molecule has 0 aromatic heterocycles. The highest BCUT2D eigenvalue weighted by Gasteiger charge is 2.09. The van der Waals surface area contributed by atoms with Gasteiger partial charge in [-0.2, -0.15) is 0 Å². The van der Waals surface area contributed by atoms with Crippen LogP contribution in [-0.2, 0) is 6.54 Å². The maximum atomic E-state index is 9.36. The number of hydrogen-bond donors (Lipinski definition) is 3. The van der Waals surface area contributed by atoms with E-state index in [0.29, 0.717) is 5.92 Å². The van der Waals surface area contributed by atoms with Crippen molar-refractivity contribution in [2.45, 2.75) is 33.4 Å². The van der Waals surface area contributed by atoms with E-state index in [1.807, 2.05) is 25.1 Å². The summed E-state index contributed by atoms with van der Waals surface area (Å²) in [5, 5.41) is 21.5. The first-order chi connectivity index (χ1) is 9.04. The maximum Gasteiger partial charge on any atom is 0.126 e. The lowest BCUT2D eigenvalue weighted by molar-refractivity contribution is 0.0530. The summed E-state index contributed by atoms with van der Waals surface area (Å²) in [7, 11) is 0. The number of para-hydroxylation sites is 1. The van der Waals surface area contributed by atoms with Gasteiger partial charge in [-0.3, -0.25) is 0 Å². The molecule has 3 N–H and O–H groups in total. The van der Waals surface area contributed by atoms with Crippen LogP contribution in [0.25, 0.3) is 0 Å². The van der Waals surface area contributed by atoms with E-state index >= 15 is 0 Å². The van der Waals surface area contributed by atoms with Crippen LogP contribution in [0.15, 0.2) is 18.2 Å². The van der Waals surface area contributed by atoms with E-state index in [2.05, 4.69) is 19.2 Å². The summed E-state index contributed by atoms with van der Waals surface area (Å²) in [4.78, 5) is 0. The predicted octanol–water partition coefficient (Wildman–Crippen LogP) is 1.47. The van der Waals surface area contributed by atoms with Crippen molar-refractivity contribution in [3.8, 4) is 5.75 Å². The van der Waals surface area contributed by atoms with Crippen LogP contribution in [0.1, 0.15) is 25.0 Å². The van der Waals surface area contributed by atoms with Gasteiger partial charge in [0.25, 0.3) is 0 Å². The number of hydrogen-bond acceptors (Lipinski definition) is 4. The Balaban J connectivity index is 2.66. The molecule has 1 rings (SSSR count). The molecule has 0 saturated heterocycles. The number of nitrogens with one attached hydrogen (secondary N) is 1. The summed E-state index contributed by atoms with van der Waals surface area (Å²) in [6.07, 6.45) is -0.837. The second-order valence-electron chi connectivity index (χ2n) is 5.24. The van der Waals surface area contributed by atoms with E-state index in [4.69, 9.17) is 9.84 Å². The molecule has 1 aromatic rings. The van der Waals surface area contributed by atoms with Gasteiger partial charge in [0.2, 0.25) is 0 Å². The number of aliphatic hydroxyl groups is 2. The van der Waals surface area contributed by atoms with Crippen molar-refractivity contribution in [1.82, 2.24) is 5.32 Å². The molecule has 0 bridgehead atoms. The lowest BCUT2D eigenvalue weighted by Crippen LogP contribution is -2.23. The minimum atomic E-state index is -0.837. The van der Waals surface area contributed by atoms with Crippen molar-refractivity contribution in [2.75, 3.05) is 19.8 Å². The van der Waals surface area contributed by atoms with E-state index in [9.17, 15) is 5.11 Å². The molecule has 1 atom stereocenters. The van der Waals surface area contributed by atoms with Gasteiger partial charge in [0, 0.05) is 12.1 Å². The number of aryl methyl sites for hydroxylation is 1. The highest BCUT2D eigenvalue weighted by molar-refractivity contribution is 5.40. The predicted molar refractivity (Wildman–Crippen MR) is 76.3 cm³/mol. The van der Waals surface area contributed by atoms with Crippen LogP contribution in [-0.4, -0.2) is 36.1 Å². The zero-order chi connectivity index (χ0) is 14.3. The fraction of sp³-hybridized carbons (Fsp3) is 0.600. The summed E-state index contributed by atoms with van der Waals surface area (Å²) in [5.41, 5.74) is 2.11. The molecule has 0 radical (unpaired) electrons. The van der Waals surface area contributed by atoms with E-state index < -0.39 is 6.10 Å². The Morgan fingerprint density at radius 2 is 2.05 bits per heavy atom. The van der Waals surface area contributed by atoms with Gasteiger partial charge in [-0.1, -0.05) is 32.0 Å². The van der Waals surface area contributed by atoms with Gasteiger partial charge in [0.05, 0.1) is 6.61 Å². The Labute approximate surface area is 115 Å². The van der Waals surface area contributed by atoms with Crippen molar-refractivity contribution < 1.29 is 14.9 Å². The van der Waals surface area contributed by atoms with Gasteiger partial charge in [-0.25, -0.2) is 0 Å². The topological polar surface area (TPSA) is 61.7 Å². The minimum Gasteiger partial charge on any atom is -0.490 e. The zero-order valence-electron chi connectivity index (χ0n) is 12.0. The molecule has 0 spiro atoms. The molecule has 19 heavy (non-hydrogen) atoms. The van der Waals surface area contributed by atoms with Crippen molar-refractivity contribution in [3.05, 3.63) is 29.3 Å². The third-order valence-corrected chi connectivity index (χ3v) is 2.79. The van der Waals surface area contributed by atoms with Crippen LogP contribution >= 0.6 is 0 Å². The highest BCUT2D eigenvalue weighted by Crippen LogP contribution is 2.23. The zero-order valence-corrected chi connectivity index (χ0v) is 12.0. The van der Waals surface area contributed by atoms with Crippen LogP contribution in [0.5, 0.6) is 5.75 Å². The fourth-order valence-corrected chi connectivity index (χ4v) is 1.79. The number of aliphatic hydroxyl groups excluding tert-OH is 2. The quantitative estimate of drug-likeness (QED) is 0.667. The molecule has 108 valence electrons. The first-order valence-corrected chi connectivity index (χ1v) is 6.75. The molecule has 0 aliphatic rings. The average molecular weight is 267 g/mol. The standard InChI is InChI=1S/C15H25NO3/c1-11(2)7-16-8-13-6-4-5-12(3)15(13)19-10-14(18)9-17/h4-6,11,14,16-18H,7-10H2,1-3H3. The second kappa shape index (κ2) is 8.15. The highest BCUT2D eigenvalue weighted by atomic mass is 16.5. The summed E-state index contributed by atoms with van der Waals surface area (Å²) < 4.78 is 5.63. The van der Waals surface area contributed by atoms with Crippen molar-refractivity contribution in [3.63, 3.8) is 0 Å². The van der Waals surface area contributed by atoms with Crippen LogP contribution < -0.4 is 10.1 Å². The number of benzene rings is 1. The lowest BCUT2D eigenvalue weighted by Gasteiger charge is -2.16. The van der Waals surface area contributed by atoms with Crippen LogP contribution in [0.3, 0.4) is 0 Å². The average Bonchev–Trinajstić information content (AvgIpc) is 2.37. The summed E-state index contributed by atoms with van der Waals surface area (Å²) >= 11 is 0. The number of rotatable bonds is 8. The first kappa shape index (κ1) is 16.0. The van der Waals surface area contributed by atoms with E-state index in [0.717, 1.165) is 30.0 Å². The molecule has 4 heteroatoms. The van der Waals surface area contributed by atoms with Crippen LogP contribution in [0.2, 0.25) is 0 Å². The van der Waals surface area contributed by atoms with Gasteiger partial charge < -0.3 is 20.3 Å². The largest absolute Gasteiger partial charge is 0.490 e. The van der Waals surface area contributed by atoms with Crippen molar-refractivity contribution in [1.29, 1.82) is 0 Å². The Kier molecular flexibility index (Phi) is 6.84. The van der Waals surface area contributed by atoms with Crippen LogP contribution in [0.4, 0.5) is 0 Å². The van der Waals surface area contributed by atoms with E-state index in [1.54, 1.807) is 0 Å². The number of ether oxygens (including phenoxy) is 1. The molecule has 0 saturated carbocycles. The normalized spacial score (nSPS) is 12.7. The smallest absolute Gasteiger partial charge is 0.126 e. The third kappa shape index (κ3) is 5.59. The van der Waals surface area contributed by atoms with E-state index in [1.165, 1.54) is 0 Å². The maximum absolute atomic E-state index is 9.36. The van der Waals surface area contributed by atoms with Gasteiger partial charge in [0.1, 0.15) is 18.5 Å². The molecular weight excluding hydrogens is 242 g/mol. The fourth-order valence-electron chi connectivity index (χ4n) is 1.79. The molecule has 0 fully saturated rings. The van der Waals surface area contributed by atoms with Gasteiger partial charge in [0.15, 0.2) is 0 Å². The van der Waals surface area contributed by atoms with Crippen molar-refractivity contribution >= 4 is 0 Å². The molecule has 0 amide bonds. The SMILES string of the molecule is Cc1cccc(CNCC(C)C)c1OCC(O)CO.